The van der Waals surface area contributed by atoms with Crippen LogP contribution in [0.1, 0.15) is 13.8 Å². The second-order valence-corrected chi connectivity index (χ2v) is 8.20. The van der Waals surface area contributed by atoms with Gasteiger partial charge in [0.05, 0.1) is 132 Å². The largest absolute Gasteiger partial charge is 0.378 e. The van der Waals surface area contributed by atoms with Crippen LogP contribution >= 0.6 is 22.6 Å². The smallest absolute Gasteiger partial charge is 0.0703 e. The molecule has 0 bridgehead atoms. The third-order valence-corrected chi connectivity index (χ3v) is 4.32. The van der Waals surface area contributed by atoms with Gasteiger partial charge < -0.3 is 47.4 Å². The van der Waals surface area contributed by atoms with Crippen molar-refractivity contribution in [3.05, 3.63) is 0 Å². The molecule has 0 aromatic carbocycles. The highest BCUT2D eigenvalue weighted by Gasteiger charge is 1.96. The molecule has 0 aromatic heterocycles. The predicted octanol–water partition coefficient (Wildman–Crippen LogP) is 2.00. The van der Waals surface area contributed by atoms with Crippen molar-refractivity contribution in [2.24, 2.45) is 0 Å². The van der Waals surface area contributed by atoms with E-state index in [1.807, 2.05) is 13.8 Å². The van der Waals surface area contributed by atoms with Crippen LogP contribution in [0.5, 0.6) is 0 Å². The molecule has 206 valence electrons. The zero-order chi connectivity index (χ0) is 24.8. The van der Waals surface area contributed by atoms with E-state index in [0.717, 1.165) is 11.0 Å². The maximum atomic E-state index is 5.45. The minimum atomic E-state index is 0.238. The molecular formula is C23H47IO10. The molecule has 0 heterocycles. The number of hydrogen-bond acceptors (Lipinski definition) is 10. The summed E-state index contributed by atoms with van der Waals surface area (Å²) in [5.41, 5.74) is 0. The summed E-state index contributed by atoms with van der Waals surface area (Å²) in [5.74, 6) is 0. The molecular weight excluding hydrogens is 563 g/mol. The van der Waals surface area contributed by atoms with Gasteiger partial charge in [-0.2, -0.15) is 0 Å². The Bertz CT molecular complexity index is 367. The third-order valence-electron chi connectivity index (χ3n) is 3.88. The van der Waals surface area contributed by atoms with Gasteiger partial charge in [0.2, 0.25) is 0 Å². The van der Waals surface area contributed by atoms with E-state index in [4.69, 9.17) is 47.4 Å². The van der Waals surface area contributed by atoms with E-state index in [2.05, 4.69) is 22.6 Å². The van der Waals surface area contributed by atoms with Crippen molar-refractivity contribution in [2.75, 3.05) is 130 Å². The molecule has 34 heavy (non-hydrogen) atoms. The second-order valence-electron chi connectivity index (χ2n) is 7.12. The Labute approximate surface area is 219 Å². The first-order valence-electron chi connectivity index (χ1n) is 12.1. The number of alkyl halides is 1. The van der Waals surface area contributed by atoms with Crippen LogP contribution in [0.25, 0.3) is 0 Å². The van der Waals surface area contributed by atoms with E-state index < -0.39 is 0 Å². The van der Waals surface area contributed by atoms with E-state index in [1.165, 1.54) is 0 Å². The summed E-state index contributed by atoms with van der Waals surface area (Å²) in [5, 5.41) is 0. The van der Waals surface area contributed by atoms with Crippen LogP contribution in [-0.4, -0.2) is 136 Å². The van der Waals surface area contributed by atoms with Gasteiger partial charge in [-0.3, -0.25) is 0 Å². The van der Waals surface area contributed by atoms with Gasteiger partial charge in [-0.1, -0.05) is 22.6 Å². The molecule has 0 N–H and O–H groups in total. The lowest BCUT2D eigenvalue weighted by Crippen LogP contribution is -2.15. The molecule has 0 spiro atoms. The first kappa shape index (κ1) is 34.3. The van der Waals surface area contributed by atoms with Crippen molar-refractivity contribution in [3.8, 4) is 0 Å². The molecule has 0 fully saturated rings. The Hall–Kier alpha value is 0.330. The van der Waals surface area contributed by atoms with Crippen molar-refractivity contribution < 1.29 is 47.4 Å². The van der Waals surface area contributed by atoms with Gasteiger partial charge in [0.25, 0.3) is 0 Å². The van der Waals surface area contributed by atoms with Gasteiger partial charge in [-0.15, -0.1) is 0 Å². The Morgan fingerprint density at radius 2 is 0.559 bits per heavy atom. The lowest BCUT2D eigenvalue weighted by molar-refractivity contribution is -0.0277. The van der Waals surface area contributed by atoms with E-state index in [9.17, 15) is 0 Å². The molecule has 0 aromatic rings. The van der Waals surface area contributed by atoms with Crippen molar-refractivity contribution in [2.45, 2.75) is 20.0 Å². The molecule has 0 rings (SSSR count). The lowest BCUT2D eigenvalue weighted by atomic mass is 10.5. The summed E-state index contributed by atoms with van der Waals surface area (Å²) in [6.45, 7) is 14.8. The Morgan fingerprint density at radius 1 is 0.353 bits per heavy atom. The summed E-state index contributed by atoms with van der Waals surface area (Å²) in [4.78, 5) is 0. The fourth-order valence-corrected chi connectivity index (χ4v) is 2.57. The summed E-state index contributed by atoms with van der Waals surface area (Å²) in [7, 11) is 0. The molecule has 0 aliphatic heterocycles. The SMILES string of the molecule is CC(C)OCCOCCOCCOCCOCCOCCOCCOCCOCCOCCI. The molecule has 0 radical (unpaired) electrons. The highest BCUT2D eigenvalue weighted by atomic mass is 127. The van der Waals surface area contributed by atoms with Crippen LogP contribution in [0.3, 0.4) is 0 Å². The zero-order valence-corrected chi connectivity index (χ0v) is 23.3. The average molecular weight is 611 g/mol. The molecule has 11 heteroatoms. The molecule has 0 aliphatic carbocycles. The maximum Gasteiger partial charge on any atom is 0.0703 e. The fraction of sp³-hybridized carbons (Fsp3) is 1.00. The molecule has 10 nitrogen and oxygen atoms in total. The summed E-state index contributed by atoms with van der Waals surface area (Å²) < 4.78 is 55.1. The molecule has 0 saturated heterocycles. The minimum Gasteiger partial charge on any atom is -0.378 e. The topological polar surface area (TPSA) is 92.3 Å². The number of rotatable bonds is 30. The van der Waals surface area contributed by atoms with Gasteiger partial charge in [0.15, 0.2) is 0 Å². The summed E-state index contributed by atoms with van der Waals surface area (Å²) >= 11 is 2.28. The Morgan fingerprint density at radius 3 is 0.765 bits per heavy atom. The average Bonchev–Trinajstić information content (AvgIpc) is 2.83. The highest BCUT2D eigenvalue weighted by molar-refractivity contribution is 14.1. The molecule has 0 aliphatic rings. The molecule has 0 atom stereocenters. The van der Waals surface area contributed by atoms with Crippen molar-refractivity contribution in [1.82, 2.24) is 0 Å². The van der Waals surface area contributed by atoms with Crippen LogP contribution in [0.4, 0.5) is 0 Å². The number of halogens is 1. The van der Waals surface area contributed by atoms with E-state index >= 15 is 0 Å². The zero-order valence-electron chi connectivity index (χ0n) is 21.2. The van der Waals surface area contributed by atoms with Crippen LogP contribution in [-0.2, 0) is 47.4 Å². The second kappa shape index (κ2) is 31.4. The molecule has 0 amide bonds. The fourth-order valence-electron chi connectivity index (χ4n) is 2.26. The highest BCUT2D eigenvalue weighted by Crippen LogP contribution is 1.89. The number of hydrogen-bond donors (Lipinski definition) is 0. The van der Waals surface area contributed by atoms with Crippen LogP contribution < -0.4 is 0 Å². The predicted molar refractivity (Wildman–Crippen MR) is 137 cm³/mol. The summed E-state index contributed by atoms with van der Waals surface area (Å²) in [6, 6.07) is 0. The maximum absolute atomic E-state index is 5.45. The first-order valence-corrected chi connectivity index (χ1v) is 13.7. The monoisotopic (exact) mass is 610 g/mol. The molecule has 0 unspecified atom stereocenters. The van der Waals surface area contributed by atoms with Crippen LogP contribution in [0.15, 0.2) is 0 Å². The normalized spacial score (nSPS) is 11.6. The first-order chi connectivity index (χ1) is 16.8. The quantitative estimate of drug-likeness (QED) is 0.0684. The van der Waals surface area contributed by atoms with Gasteiger partial charge in [-0.25, -0.2) is 0 Å². The third kappa shape index (κ3) is 32.3. The molecule has 0 saturated carbocycles. The number of ether oxygens (including phenoxy) is 10. The van der Waals surface area contributed by atoms with E-state index in [0.29, 0.717) is 119 Å². The van der Waals surface area contributed by atoms with Gasteiger partial charge in [0, 0.05) is 4.43 Å². The Balaban J connectivity index is 3.00. The van der Waals surface area contributed by atoms with Crippen molar-refractivity contribution in [1.29, 1.82) is 0 Å². The Kier molecular flexibility index (Phi) is 31.7. The van der Waals surface area contributed by atoms with Crippen molar-refractivity contribution >= 4 is 22.6 Å². The van der Waals surface area contributed by atoms with Crippen molar-refractivity contribution in [3.63, 3.8) is 0 Å². The standard InChI is InChI=1S/C23H47IO10/c1-23(2)34-22-21-33-20-19-32-18-17-31-16-15-30-14-13-29-12-11-28-10-9-27-8-7-26-6-5-25-4-3-24/h23H,3-22H2,1-2H3. The summed E-state index contributed by atoms with van der Waals surface area (Å²) in [6.07, 6.45) is 0.238. The van der Waals surface area contributed by atoms with Crippen LogP contribution in [0.2, 0.25) is 0 Å². The lowest BCUT2D eigenvalue weighted by Gasteiger charge is -2.09. The van der Waals surface area contributed by atoms with Crippen LogP contribution in [0, 0.1) is 0 Å². The van der Waals surface area contributed by atoms with Gasteiger partial charge in [-0.05, 0) is 13.8 Å². The van der Waals surface area contributed by atoms with Gasteiger partial charge in [0.1, 0.15) is 0 Å². The van der Waals surface area contributed by atoms with Gasteiger partial charge >= 0.3 is 0 Å². The van der Waals surface area contributed by atoms with E-state index in [1.54, 1.807) is 0 Å². The van der Waals surface area contributed by atoms with E-state index in [-0.39, 0.29) is 6.10 Å². The minimum absolute atomic E-state index is 0.238.